The van der Waals surface area contributed by atoms with Gasteiger partial charge in [0.2, 0.25) is 0 Å². The van der Waals surface area contributed by atoms with Crippen LogP contribution in [0.15, 0.2) is 72.1 Å². The van der Waals surface area contributed by atoms with Crippen molar-refractivity contribution in [1.82, 2.24) is 4.98 Å². The second-order valence-electron chi connectivity index (χ2n) is 7.62. The van der Waals surface area contributed by atoms with Crippen molar-refractivity contribution in [3.63, 3.8) is 0 Å². The first kappa shape index (κ1) is 22.1. The van der Waals surface area contributed by atoms with E-state index in [0.717, 1.165) is 51.7 Å². The lowest BCUT2D eigenvalue weighted by Gasteiger charge is -2.12. The number of hydrogen-bond acceptors (Lipinski definition) is 4. The topological polar surface area (TPSA) is 54.0 Å². The monoisotopic (exact) mass is 461 g/mol. The highest BCUT2D eigenvalue weighted by molar-refractivity contribution is 7.09. The van der Waals surface area contributed by atoms with Crippen molar-refractivity contribution in [2.75, 3.05) is 17.2 Å². The molecule has 0 spiro atoms. The maximum Gasteiger partial charge on any atom is 0.256 e. The van der Waals surface area contributed by atoms with Crippen LogP contribution in [0.25, 0.3) is 11.1 Å². The van der Waals surface area contributed by atoms with Gasteiger partial charge < -0.3 is 10.6 Å². The number of nitrogens with one attached hydrogen (secondary N) is 2. The molecule has 32 heavy (non-hydrogen) atoms. The van der Waals surface area contributed by atoms with E-state index in [1.54, 1.807) is 11.3 Å². The van der Waals surface area contributed by atoms with Crippen LogP contribution in [0.5, 0.6) is 0 Å². The molecular weight excluding hydrogens is 438 g/mol. The zero-order chi connectivity index (χ0) is 22.5. The summed E-state index contributed by atoms with van der Waals surface area (Å²) >= 11 is 7.70. The fraction of sp³-hybridized carbons (Fsp3) is 0.154. The molecule has 4 nitrogen and oxygen atoms in total. The van der Waals surface area contributed by atoms with Crippen LogP contribution >= 0.6 is 22.9 Å². The Morgan fingerprint density at radius 2 is 1.69 bits per heavy atom. The summed E-state index contributed by atoms with van der Waals surface area (Å²) in [4.78, 5) is 17.5. The number of anilines is 2. The average molecular weight is 462 g/mol. The van der Waals surface area contributed by atoms with Gasteiger partial charge in [0.25, 0.3) is 5.91 Å². The van der Waals surface area contributed by atoms with Crippen LogP contribution in [0.1, 0.15) is 26.6 Å². The number of halogens is 1. The number of amides is 1. The van der Waals surface area contributed by atoms with E-state index in [-0.39, 0.29) is 5.91 Å². The number of aryl methyl sites for hydroxylation is 2. The molecule has 0 fully saturated rings. The van der Waals surface area contributed by atoms with E-state index in [1.807, 2.05) is 80.6 Å². The van der Waals surface area contributed by atoms with Crippen LogP contribution in [0.2, 0.25) is 5.02 Å². The molecular formula is C26H24ClN3OS. The predicted octanol–water partition coefficient (Wildman–Crippen LogP) is 6.99. The minimum absolute atomic E-state index is 0.144. The Hall–Kier alpha value is -3.15. The molecule has 0 aliphatic carbocycles. The number of carbonyl (C=O) groups is 1. The Morgan fingerprint density at radius 3 is 2.38 bits per heavy atom. The molecule has 6 heteroatoms. The summed E-state index contributed by atoms with van der Waals surface area (Å²) in [6, 6.07) is 21.1. The minimum Gasteiger partial charge on any atom is -0.385 e. The fourth-order valence-corrected chi connectivity index (χ4v) is 4.23. The summed E-state index contributed by atoms with van der Waals surface area (Å²) in [6.45, 7) is 4.84. The highest BCUT2D eigenvalue weighted by Crippen LogP contribution is 2.27. The van der Waals surface area contributed by atoms with Gasteiger partial charge in [0.05, 0.1) is 10.7 Å². The molecule has 0 saturated heterocycles. The fourth-order valence-electron chi connectivity index (χ4n) is 3.45. The van der Waals surface area contributed by atoms with Gasteiger partial charge in [-0.15, -0.1) is 11.3 Å². The molecule has 0 aliphatic rings. The summed E-state index contributed by atoms with van der Waals surface area (Å²) < 4.78 is 0. The van der Waals surface area contributed by atoms with Gasteiger partial charge in [-0.2, -0.15) is 0 Å². The van der Waals surface area contributed by atoms with Gasteiger partial charge >= 0.3 is 0 Å². The largest absolute Gasteiger partial charge is 0.385 e. The summed E-state index contributed by atoms with van der Waals surface area (Å²) in [5.41, 5.74) is 6.42. The molecule has 0 radical (unpaired) electrons. The van der Waals surface area contributed by atoms with Crippen molar-refractivity contribution in [3.05, 3.63) is 99.0 Å². The lowest BCUT2D eigenvalue weighted by atomic mass is 9.97. The first-order valence-electron chi connectivity index (χ1n) is 10.4. The molecule has 1 amide bonds. The van der Waals surface area contributed by atoms with Gasteiger partial charge in [-0.25, -0.2) is 4.98 Å². The quantitative estimate of drug-likeness (QED) is 0.312. The number of hydrogen-bond donors (Lipinski definition) is 2. The number of rotatable bonds is 7. The third-order valence-corrected chi connectivity index (χ3v) is 6.17. The highest BCUT2D eigenvalue weighted by Gasteiger charge is 2.13. The SMILES string of the molecule is Cc1ccc(C(=O)Nc2ccc(NCCc3csc(C)n3)cc2)c(-c2ccc(Cl)cc2)c1. The summed E-state index contributed by atoms with van der Waals surface area (Å²) in [5, 5.41) is 10.3. The lowest BCUT2D eigenvalue weighted by Crippen LogP contribution is -2.13. The van der Waals surface area contributed by atoms with Gasteiger partial charge in [-0.1, -0.05) is 41.4 Å². The van der Waals surface area contributed by atoms with Crippen LogP contribution in [0.3, 0.4) is 0 Å². The smallest absolute Gasteiger partial charge is 0.256 e. The number of aromatic nitrogens is 1. The van der Waals surface area contributed by atoms with Crippen molar-refractivity contribution in [2.45, 2.75) is 20.3 Å². The molecule has 4 aromatic rings. The maximum absolute atomic E-state index is 13.0. The van der Waals surface area contributed by atoms with Crippen LogP contribution in [0, 0.1) is 13.8 Å². The highest BCUT2D eigenvalue weighted by atomic mass is 35.5. The Bertz CT molecular complexity index is 1220. The second-order valence-corrected chi connectivity index (χ2v) is 9.12. The molecule has 0 aliphatic heterocycles. The minimum atomic E-state index is -0.144. The predicted molar refractivity (Wildman–Crippen MR) is 135 cm³/mol. The first-order chi connectivity index (χ1) is 15.5. The molecule has 2 N–H and O–H groups in total. The standard InChI is InChI=1S/C26H24ClN3OS/c1-17-3-12-24(25(15-17)19-4-6-20(27)7-5-19)26(31)30-22-10-8-21(9-11-22)28-14-13-23-16-32-18(2)29-23/h3-12,15-16,28H,13-14H2,1-2H3,(H,30,31). The number of carbonyl (C=O) groups excluding carboxylic acids is 1. The molecule has 1 aromatic heterocycles. The first-order valence-corrected chi connectivity index (χ1v) is 11.7. The molecule has 3 aromatic carbocycles. The van der Waals surface area contributed by atoms with E-state index in [1.165, 1.54) is 0 Å². The number of benzene rings is 3. The third kappa shape index (κ3) is 5.55. The van der Waals surface area contributed by atoms with E-state index in [2.05, 4.69) is 21.0 Å². The van der Waals surface area contributed by atoms with Gasteiger partial charge in [0.15, 0.2) is 0 Å². The molecule has 4 rings (SSSR count). The van der Waals surface area contributed by atoms with E-state index in [9.17, 15) is 4.79 Å². The van der Waals surface area contributed by atoms with Crippen LogP contribution in [-0.2, 0) is 6.42 Å². The summed E-state index contributed by atoms with van der Waals surface area (Å²) in [6.07, 6.45) is 0.879. The van der Waals surface area contributed by atoms with E-state index in [0.29, 0.717) is 10.6 Å². The molecule has 0 unspecified atom stereocenters. The Balaban J connectivity index is 1.42. The van der Waals surface area contributed by atoms with Crippen molar-refractivity contribution in [3.8, 4) is 11.1 Å². The normalized spacial score (nSPS) is 10.7. The zero-order valence-corrected chi connectivity index (χ0v) is 19.6. The van der Waals surface area contributed by atoms with Crippen LogP contribution in [0.4, 0.5) is 11.4 Å². The lowest BCUT2D eigenvalue weighted by molar-refractivity contribution is 0.102. The van der Waals surface area contributed by atoms with Crippen molar-refractivity contribution in [1.29, 1.82) is 0 Å². The summed E-state index contributed by atoms with van der Waals surface area (Å²) in [7, 11) is 0. The zero-order valence-electron chi connectivity index (χ0n) is 18.0. The van der Waals surface area contributed by atoms with Gasteiger partial charge in [-0.3, -0.25) is 4.79 Å². The molecule has 1 heterocycles. The van der Waals surface area contributed by atoms with Crippen LogP contribution < -0.4 is 10.6 Å². The molecule has 0 saturated carbocycles. The van der Waals surface area contributed by atoms with Crippen molar-refractivity contribution >= 4 is 40.2 Å². The van der Waals surface area contributed by atoms with E-state index in [4.69, 9.17) is 11.6 Å². The van der Waals surface area contributed by atoms with Gasteiger partial charge in [-0.05, 0) is 67.4 Å². The maximum atomic E-state index is 13.0. The second kappa shape index (κ2) is 9.98. The van der Waals surface area contributed by atoms with E-state index < -0.39 is 0 Å². The molecule has 0 atom stereocenters. The van der Waals surface area contributed by atoms with Crippen molar-refractivity contribution < 1.29 is 4.79 Å². The molecule has 162 valence electrons. The Kier molecular flexibility index (Phi) is 6.88. The van der Waals surface area contributed by atoms with Gasteiger partial charge in [0, 0.05) is 40.3 Å². The summed E-state index contributed by atoms with van der Waals surface area (Å²) in [5.74, 6) is -0.144. The van der Waals surface area contributed by atoms with E-state index >= 15 is 0 Å². The number of thiazole rings is 1. The Morgan fingerprint density at radius 1 is 0.969 bits per heavy atom. The number of nitrogens with zero attached hydrogens (tertiary/aromatic N) is 1. The Labute approximate surface area is 197 Å². The van der Waals surface area contributed by atoms with Gasteiger partial charge in [0.1, 0.15) is 0 Å². The molecule has 0 bridgehead atoms. The van der Waals surface area contributed by atoms with Crippen LogP contribution in [-0.4, -0.2) is 17.4 Å². The third-order valence-electron chi connectivity index (χ3n) is 5.09. The van der Waals surface area contributed by atoms with Crippen molar-refractivity contribution in [2.24, 2.45) is 0 Å². The average Bonchev–Trinajstić information content (AvgIpc) is 3.20.